The standard InChI is InChI=1S/C10H17N2O7P/c1-11-9(14)4-5-12(7-13)10-3-2-8(19-10)6-18-20(15,16)17/h4-5,7-8,10H,2-3,6H2,1H3,(H,11,14)(H2,15,16,17)/b5-4-/t8-,10+/m0/s1. The summed E-state index contributed by atoms with van der Waals surface area (Å²) in [6, 6.07) is 0. The van der Waals surface area contributed by atoms with E-state index in [-0.39, 0.29) is 12.5 Å². The topological polar surface area (TPSA) is 125 Å². The van der Waals surface area contributed by atoms with Crippen molar-refractivity contribution in [2.24, 2.45) is 0 Å². The summed E-state index contributed by atoms with van der Waals surface area (Å²) in [4.78, 5) is 40.3. The molecule has 0 spiro atoms. The van der Waals surface area contributed by atoms with Crippen molar-refractivity contribution >= 4 is 20.1 Å². The molecule has 9 nitrogen and oxygen atoms in total. The molecule has 0 aliphatic carbocycles. The number of phosphoric ester groups is 1. The number of hydrogen-bond donors (Lipinski definition) is 3. The Kier molecular flexibility index (Phi) is 6.31. The SMILES string of the molecule is CNC(=O)/C=C\N(C=O)[C@H]1CC[C@@H](COP(=O)(O)O)O1. The molecule has 1 aliphatic heterocycles. The summed E-state index contributed by atoms with van der Waals surface area (Å²) in [5, 5.41) is 2.36. The van der Waals surface area contributed by atoms with Gasteiger partial charge in [0.1, 0.15) is 6.23 Å². The Bertz CT molecular complexity index is 422. The van der Waals surface area contributed by atoms with E-state index in [9.17, 15) is 14.2 Å². The highest BCUT2D eigenvalue weighted by Gasteiger charge is 2.30. The first-order chi connectivity index (χ1) is 9.35. The summed E-state index contributed by atoms with van der Waals surface area (Å²) in [5.41, 5.74) is 0. The minimum atomic E-state index is -4.53. The second kappa shape index (κ2) is 7.51. The highest BCUT2D eigenvalue weighted by atomic mass is 31.2. The molecule has 2 atom stereocenters. The second-order valence-electron chi connectivity index (χ2n) is 4.06. The van der Waals surface area contributed by atoms with Gasteiger partial charge in [-0.25, -0.2) is 4.57 Å². The smallest absolute Gasteiger partial charge is 0.356 e. The largest absolute Gasteiger partial charge is 0.469 e. The lowest BCUT2D eigenvalue weighted by atomic mass is 10.2. The maximum absolute atomic E-state index is 11.0. The monoisotopic (exact) mass is 308 g/mol. The number of phosphoric acid groups is 1. The van der Waals surface area contributed by atoms with Crippen molar-refractivity contribution < 1.29 is 33.2 Å². The molecule has 0 aromatic heterocycles. The van der Waals surface area contributed by atoms with Crippen molar-refractivity contribution in [3.8, 4) is 0 Å². The number of nitrogens with zero attached hydrogens (tertiary/aromatic N) is 1. The molecule has 1 heterocycles. The van der Waals surface area contributed by atoms with Crippen LogP contribution in [0.15, 0.2) is 12.3 Å². The second-order valence-corrected chi connectivity index (χ2v) is 5.30. The van der Waals surface area contributed by atoms with E-state index in [1.54, 1.807) is 0 Å². The van der Waals surface area contributed by atoms with Crippen LogP contribution >= 0.6 is 7.82 Å². The van der Waals surface area contributed by atoms with Gasteiger partial charge in [0, 0.05) is 19.3 Å². The van der Waals surface area contributed by atoms with Crippen LogP contribution in [0.25, 0.3) is 0 Å². The Balaban J connectivity index is 2.48. The maximum Gasteiger partial charge on any atom is 0.469 e. The summed E-state index contributed by atoms with van der Waals surface area (Å²) in [7, 11) is -3.07. The van der Waals surface area contributed by atoms with Gasteiger partial charge in [-0.1, -0.05) is 0 Å². The van der Waals surface area contributed by atoms with Gasteiger partial charge in [0.2, 0.25) is 12.3 Å². The van der Waals surface area contributed by atoms with Crippen LogP contribution in [-0.2, 0) is 23.4 Å². The predicted molar refractivity (Wildman–Crippen MR) is 67.0 cm³/mol. The van der Waals surface area contributed by atoms with Crippen molar-refractivity contribution in [1.29, 1.82) is 0 Å². The van der Waals surface area contributed by atoms with Crippen molar-refractivity contribution in [3.63, 3.8) is 0 Å². The highest BCUT2D eigenvalue weighted by molar-refractivity contribution is 7.46. The molecule has 0 radical (unpaired) electrons. The molecule has 0 unspecified atom stereocenters. The van der Waals surface area contributed by atoms with Gasteiger partial charge >= 0.3 is 7.82 Å². The lowest BCUT2D eigenvalue weighted by molar-refractivity contribution is -0.127. The van der Waals surface area contributed by atoms with Crippen molar-refractivity contribution in [2.45, 2.75) is 25.2 Å². The third-order valence-electron chi connectivity index (χ3n) is 2.61. The number of likely N-dealkylation sites (N-methyl/N-ethyl adjacent to an activating group) is 1. The average Bonchev–Trinajstić information content (AvgIpc) is 2.85. The van der Waals surface area contributed by atoms with E-state index in [2.05, 4.69) is 9.84 Å². The van der Waals surface area contributed by atoms with Gasteiger partial charge in [0.15, 0.2) is 0 Å². The Labute approximate surface area is 115 Å². The van der Waals surface area contributed by atoms with E-state index in [0.717, 1.165) is 0 Å². The van der Waals surface area contributed by atoms with Gasteiger partial charge in [-0.15, -0.1) is 0 Å². The Hall–Kier alpha value is -1.25. The first kappa shape index (κ1) is 16.8. The predicted octanol–water partition coefficient (Wildman–Crippen LogP) is -0.681. The number of hydrogen-bond acceptors (Lipinski definition) is 5. The van der Waals surface area contributed by atoms with Gasteiger partial charge in [0.05, 0.1) is 12.7 Å². The molecule has 1 saturated heterocycles. The molecule has 1 fully saturated rings. The fourth-order valence-electron chi connectivity index (χ4n) is 1.64. The number of nitrogens with one attached hydrogen (secondary N) is 1. The minimum Gasteiger partial charge on any atom is -0.356 e. The summed E-state index contributed by atoms with van der Waals surface area (Å²) in [6.07, 6.45) is 2.84. The van der Waals surface area contributed by atoms with Crippen molar-refractivity contribution in [1.82, 2.24) is 10.2 Å². The van der Waals surface area contributed by atoms with Gasteiger partial charge in [-0.3, -0.25) is 19.0 Å². The third kappa shape index (κ3) is 5.81. The van der Waals surface area contributed by atoms with E-state index in [1.807, 2.05) is 0 Å². The van der Waals surface area contributed by atoms with Gasteiger partial charge in [0.25, 0.3) is 0 Å². The fraction of sp³-hybridized carbons (Fsp3) is 0.600. The summed E-state index contributed by atoms with van der Waals surface area (Å²) < 4.78 is 20.3. The number of carbonyl (C=O) groups is 2. The van der Waals surface area contributed by atoms with Crippen molar-refractivity contribution in [2.75, 3.05) is 13.7 Å². The molecule has 3 N–H and O–H groups in total. The summed E-state index contributed by atoms with van der Waals surface area (Å²) >= 11 is 0. The zero-order valence-electron chi connectivity index (χ0n) is 10.8. The van der Waals surface area contributed by atoms with Crippen LogP contribution in [-0.4, -0.2) is 53.0 Å². The number of amides is 2. The molecule has 1 rings (SSSR count). The van der Waals surface area contributed by atoms with Crippen LogP contribution in [0, 0.1) is 0 Å². The first-order valence-electron chi connectivity index (χ1n) is 5.84. The van der Waals surface area contributed by atoms with E-state index in [4.69, 9.17) is 14.5 Å². The van der Waals surface area contributed by atoms with E-state index < -0.39 is 20.2 Å². The Morgan fingerprint density at radius 2 is 2.25 bits per heavy atom. The molecule has 2 amide bonds. The Morgan fingerprint density at radius 3 is 2.80 bits per heavy atom. The zero-order chi connectivity index (χ0) is 15.2. The normalized spacial score (nSPS) is 22.9. The van der Waals surface area contributed by atoms with Crippen LogP contribution < -0.4 is 5.32 Å². The lowest BCUT2D eigenvalue weighted by Gasteiger charge is -2.21. The Morgan fingerprint density at radius 1 is 1.55 bits per heavy atom. The quantitative estimate of drug-likeness (QED) is 0.323. The molecule has 20 heavy (non-hydrogen) atoms. The summed E-state index contributed by atoms with van der Waals surface area (Å²) in [5.74, 6) is -0.365. The minimum absolute atomic E-state index is 0.257. The lowest BCUT2D eigenvalue weighted by Crippen LogP contribution is -2.31. The summed E-state index contributed by atoms with van der Waals surface area (Å²) in [6.45, 7) is -0.257. The molecule has 0 aromatic rings. The average molecular weight is 308 g/mol. The fourth-order valence-corrected chi connectivity index (χ4v) is 2.01. The van der Waals surface area contributed by atoms with Crippen LogP contribution in [0.3, 0.4) is 0 Å². The molecular weight excluding hydrogens is 291 g/mol. The maximum atomic E-state index is 11.0. The van der Waals surface area contributed by atoms with E-state index in [0.29, 0.717) is 19.3 Å². The third-order valence-corrected chi connectivity index (χ3v) is 3.10. The van der Waals surface area contributed by atoms with Crippen LogP contribution in [0.5, 0.6) is 0 Å². The highest BCUT2D eigenvalue weighted by Crippen LogP contribution is 2.37. The molecule has 10 heteroatoms. The molecule has 0 aromatic carbocycles. The number of carbonyl (C=O) groups excluding carboxylic acids is 2. The molecule has 114 valence electrons. The van der Waals surface area contributed by atoms with Crippen LogP contribution in [0.2, 0.25) is 0 Å². The van der Waals surface area contributed by atoms with E-state index >= 15 is 0 Å². The number of rotatable bonds is 7. The molecule has 0 saturated carbocycles. The zero-order valence-corrected chi connectivity index (χ0v) is 11.7. The number of ether oxygens (including phenoxy) is 1. The van der Waals surface area contributed by atoms with Gasteiger partial charge < -0.3 is 19.8 Å². The van der Waals surface area contributed by atoms with Crippen LogP contribution in [0.1, 0.15) is 12.8 Å². The molecule has 1 aliphatic rings. The van der Waals surface area contributed by atoms with Gasteiger partial charge in [-0.05, 0) is 12.8 Å². The van der Waals surface area contributed by atoms with Crippen molar-refractivity contribution in [3.05, 3.63) is 12.3 Å². The van der Waals surface area contributed by atoms with E-state index in [1.165, 1.54) is 24.2 Å². The molecule has 0 bridgehead atoms. The first-order valence-corrected chi connectivity index (χ1v) is 7.37. The van der Waals surface area contributed by atoms with Crippen LogP contribution in [0.4, 0.5) is 0 Å². The molecular formula is C10H17N2O7P. The van der Waals surface area contributed by atoms with Gasteiger partial charge in [-0.2, -0.15) is 0 Å².